The molecular weight excluding hydrogens is 241 g/mol. The lowest BCUT2D eigenvalue weighted by atomic mass is 10.2. The Morgan fingerprint density at radius 3 is 2.39 bits per heavy atom. The van der Waals surface area contributed by atoms with Crippen molar-refractivity contribution >= 4 is 5.69 Å². The minimum atomic E-state index is -0.928. The van der Waals surface area contributed by atoms with E-state index in [0.717, 1.165) is 12.1 Å². The lowest BCUT2D eigenvalue weighted by molar-refractivity contribution is 0.547. The fraction of sp³-hybridized carbons (Fsp3) is 0.231. The second-order valence-electron chi connectivity index (χ2n) is 3.95. The molecule has 0 aliphatic rings. The smallest absolute Gasteiger partial charge is 0.152 e. The lowest BCUT2D eigenvalue weighted by Crippen LogP contribution is -2.04. The normalized spacial score (nSPS) is 10.7. The van der Waals surface area contributed by atoms with Crippen molar-refractivity contribution in [2.75, 3.05) is 5.32 Å². The van der Waals surface area contributed by atoms with Gasteiger partial charge in [-0.1, -0.05) is 0 Å². The maximum atomic E-state index is 13.3. The van der Waals surface area contributed by atoms with E-state index in [-0.39, 0.29) is 12.2 Å². The standard InChI is InChI=1S/C13H13F3N2/c1-2-18-4-3-9(8-18)7-17-13-11(15)5-10(14)6-12(13)16/h3-6,8,17H,2,7H2,1H3. The van der Waals surface area contributed by atoms with Gasteiger partial charge in [-0.2, -0.15) is 0 Å². The Morgan fingerprint density at radius 1 is 1.17 bits per heavy atom. The quantitative estimate of drug-likeness (QED) is 0.883. The fourth-order valence-electron chi connectivity index (χ4n) is 1.69. The molecule has 2 nitrogen and oxygen atoms in total. The highest BCUT2D eigenvalue weighted by molar-refractivity contribution is 5.46. The van der Waals surface area contributed by atoms with Crippen molar-refractivity contribution in [3.05, 3.63) is 53.6 Å². The van der Waals surface area contributed by atoms with E-state index in [2.05, 4.69) is 5.32 Å². The minimum Gasteiger partial charge on any atom is -0.376 e. The lowest BCUT2D eigenvalue weighted by Gasteiger charge is -2.07. The van der Waals surface area contributed by atoms with Crippen LogP contribution in [0.25, 0.3) is 0 Å². The van der Waals surface area contributed by atoms with Crippen LogP contribution in [0.4, 0.5) is 18.9 Å². The van der Waals surface area contributed by atoms with E-state index in [0.29, 0.717) is 12.1 Å². The average Bonchev–Trinajstić information content (AvgIpc) is 2.75. The van der Waals surface area contributed by atoms with Gasteiger partial charge in [0.15, 0.2) is 11.6 Å². The van der Waals surface area contributed by atoms with Crippen molar-refractivity contribution < 1.29 is 13.2 Å². The Labute approximate surface area is 103 Å². The molecule has 1 aromatic carbocycles. The predicted molar refractivity (Wildman–Crippen MR) is 63.7 cm³/mol. The van der Waals surface area contributed by atoms with Crippen molar-refractivity contribution in [1.82, 2.24) is 4.57 Å². The summed E-state index contributed by atoms with van der Waals surface area (Å²) in [4.78, 5) is 0. The first-order chi connectivity index (χ1) is 8.60. The molecule has 0 fully saturated rings. The van der Waals surface area contributed by atoms with Crippen LogP contribution in [0.2, 0.25) is 0 Å². The molecule has 1 aromatic heterocycles. The largest absolute Gasteiger partial charge is 0.376 e. The summed E-state index contributed by atoms with van der Waals surface area (Å²) >= 11 is 0. The zero-order valence-corrected chi connectivity index (χ0v) is 9.88. The summed E-state index contributed by atoms with van der Waals surface area (Å²) in [6.45, 7) is 3.11. The maximum absolute atomic E-state index is 13.3. The highest BCUT2D eigenvalue weighted by Crippen LogP contribution is 2.20. The number of nitrogens with zero attached hydrogens (tertiary/aromatic N) is 1. The van der Waals surface area contributed by atoms with E-state index in [4.69, 9.17) is 0 Å². The molecule has 96 valence electrons. The van der Waals surface area contributed by atoms with Crippen LogP contribution in [0, 0.1) is 17.5 Å². The molecule has 0 atom stereocenters. The summed E-state index contributed by atoms with van der Waals surface area (Å²) in [5.74, 6) is -2.78. The van der Waals surface area contributed by atoms with Gasteiger partial charge in [0, 0.05) is 37.6 Å². The molecule has 1 heterocycles. The molecule has 0 spiro atoms. The van der Waals surface area contributed by atoms with Gasteiger partial charge in [0.2, 0.25) is 0 Å². The second kappa shape index (κ2) is 5.16. The van der Waals surface area contributed by atoms with Crippen LogP contribution in [0.5, 0.6) is 0 Å². The first-order valence-electron chi connectivity index (χ1n) is 5.63. The van der Waals surface area contributed by atoms with Gasteiger partial charge >= 0.3 is 0 Å². The van der Waals surface area contributed by atoms with E-state index in [1.807, 2.05) is 30.0 Å². The van der Waals surface area contributed by atoms with Crippen LogP contribution >= 0.6 is 0 Å². The van der Waals surface area contributed by atoms with Crippen LogP contribution < -0.4 is 5.32 Å². The van der Waals surface area contributed by atoms with E-state index in [1.165, 1.54) is 0 Å². The molecule has 1 N–H and O–H groups in total. The Kier molecular flexibility index (Phi) is 3.60. The van der Waals surface area contributed by atoms with Gasteiger partial charge in [-0.05, 0) is 18.6 Å². The molecule has 0 amide bonds. The molecule has 0 aliphatic heterocycles. The number of aryl methyl sites for hydroxylation is 1. The third kappa shape index (κ3) is 2.67. The summed E-state index contributed by atoms with van der Waals surface area (Å²) in [5.41, 5.74) is 0.598. The van der Waals surface area contributed by atoms with E-state index >= 15 is 0 Å². The number of benzene rings is 1. The Bertz CT molecular complexity index is 526. The Morgan fingerprint density at radius 2 is 1.83 bits per heavy atom. The van der Waals surface area contributed by atoms with Gasteiger partial charge in [-0.15, -0.1) is 0 Å². The SMILES string of the molecule is CCn1ccc(CNc2c(F)cc(F)cc2F)c1. The third-order valence-corrected chi connectivity index (χ3v) is 2.65. The molecule has 0 radical (unpaired) electrons. The molecule has 0 bridgehead atoms. The zero-order valence-electron chi connectivity index (χ0n) is 9.88. The Hall–Kier alpha value is -1.91. The van der Waals surface area contributed by atoms with Crippen molar-refractivity contribution in [3.8, 4) is 0 Å². The van der Waals surface area contributed by atoms with Crippen LogP contribution in [-0.2, 0) is 13.1 Å². The summed E-state index contributed by atoms with van der Waals surface area (Å²) in [6.07, 6.45) is 3.76. The van der Waals surface area contributed by atoms with E-state index < -0.39 is 17.5 Å². The van der Waals surface area contributed by atoms with Gasteiger partial charge in [0.25, 0.3) is 0 Å². The van der Waals surface area contributed by atoms with Crippen molar-refractivity contribution in [3.63, 3.8) is 0 Å². The van der Waals surface area contributed by atoms with Crippen LogP contribution in [0.3, 0.4) is 0 Å². The molecule has 0 saturated carbocycles. The second-order valence-corrected chi connectivity index (χ2v) is 3.95. The maximum Gasteiger partial charge on any atom is 0.152 e. The monoisotopic (exact) mass is 254 g/mol. The van der Waals surface area contributed by atoms with Crippen LogP contribution in [-0.4, -0.2) is 4.57 Å². The molecule has 0 saturated heterocycles. The highest BCUT2D eigenvalue weighted by atomic mass is 19.1. The number of hydrogen-bond donors (Lipinski definition) is 1. The van der Waals surface area contributed by atoms with E-state index in [1.54, 1.807) is 0 Å². The molecular formula is C13H13F3N2. The van der Waals surface area contributed by atoms with Crippen molar-refractivity contribution in [2.24, 2.45) is 0 Å². The van der Waals surface area contributed by atoms with Gasteiger partial charge in [0.05, 0.1) is 0 Å². The molecule has 5 heteroatoms. The number of anilines is 1. The van der Waals surface area contributed by atoms with E-state index in [9.17, 15) is 13.2 Å². The fourth-order valence-corrected chi connectivity index (χ4v) is 1.69. The number of rotatable bonds is 4. The van der Waals surface area contributed by atoms with Crippen molar-refractivity contribution in [1.29, 1.82) is 0 Å². The summed E-state index contributed by atoms with van der Waals surface area (Å²) in [5, 5.41) is 2.63. The first kappa shape index (κ1) is 12.5. The Balaban J connectivity index is 2.10. The van der Waals surface area contributed by atoms with Crippen LogP contribution in [0.15, 0.2) is 30.6 Å². The van der Waals surface area contributed by atoms with Crippen molar-refractivity contribution in [2.45, 2.75) is 20.0 Å². The number of nitrogens with one attached hydrogen (secondary N) is 1. The average molecular weight is 254 g/mol. The number of hydrogen-bond acceptors (Lipinski definition) is 1. The molecule has 2 rings (SSSR count). The predicted octanol–water partition coefficient (Wildman–Crippen LogP) is 3.54. The number of halogens is 3. The third-order valence-electron chi connectivity index (χ3n) is 2.65. The number of aromatic nitrogens is 1. The summed E-state index contributed by atoms with van der Waals surface area (Å²) < 4.78 is 41.3. The van der Waals surface area contributed by atoms with Gasteiger partial charge in [-0.25, -0.2) is 13.2 Å². The van der Waals surface area contributed by atoms with Crippen LogP contribution in [0.1, 0.15) is 12.5 Å². The summed E-state index contributed by atoms with van der Waals surface area (Å²) in [6, 6.07) is 3.17. The topological polar surface area (TPSA) is 17.0 Å². The highest BCUT2D eigenvalue weighted by Gasteiger charge is 2.11. The van der Waals surface area contributed by atoms with Gasteiger partial charge in [-0.3, -0.25) is 0 Å². The van der Waals surface area contributed by atoms with Gasteiger partial charge in [0.1, 0.15) is 11.5 Å². The first-order valence-corrected chi connectivity index (χ1v) is 5.63. The summed E-state index contributed by atoms with van der Waals surface area (Å²) in [7, 11) is 0. The molecule has 0 aliphatic carbocycles. The molecule has 0 unspecified atom stereocenters. The minimum absolute atomic E-state index is 0.284. The molecule has 18 heavy (non-hydrogen) atoms. The molecule has 2 aromatic rings. The zero-order chi connectivity index (χ0) is 13.1. The van der Waals surface area contributed by atoms with Gasteiger partial charge < -0.3 is 9.88 Å².